The van der Waals surface area contributed by atoms with Crippen LogP contribution < -0.4 is 16.4 Å². The van der Waals surface area contributed by atoms with E-state index in [4.69, 9.17) is 24.4 Å². The second-order valence-electron chi connectivity index (χ2n) is 1.53. The van der Waals surface area contributed by atoms with E-state index in [-0.39, 0.29) is 6.15 Å². The Morgan fingerprint density at radius 1 is 1.00 bits per heavy atom. The van der Waals surface area contributed by atoms with Crippen LogP contribution in [0, 0.1) is 0 Å². The maximum atomic E-state index is 4.93. The molecule has 0 spiro atoms. The normalized spacial score (nSPS) is 8.55. The molecule has 0 bridgehead atoms. The maximum Gasteiger partial charge on any atom is 0.114 e. The summed E-state index contributed by atoms with van der Waals surface area (Å²) in [6.45, 7) is 0. The zero-order valence-corrected chi connectivity index (χ0v) is 9.43. The molecular formula is C4H13N3S4+2. The van der Waals surface area contributed by atoms with Crippen LogP contribution in [-0.4, -0.2) is 8.39 Å². The van der Waals surface area contributed by atoms with Gasteiger partial charge in [0.1, 0.15) is 32.3 Å². The minimum Gasteiger partial charge on any atom is -0.344 e. The average Bonchev–Trinajstić information content (AvgIpc) is 1.99. The van der Waals surface area contributed by atoms with Crippen molar-refractivity contribution < 1.29 is 10.3 Å². The number of rotatable bonds is 3. The topological polar surface area (TPSA) is 90.3 Å². The van der Waals surface area contributed by atoms with E-state index in [1.165, 1.54) is 23.9 Å². The fraction of sp³-hybridized carbons (Fsp3) is 0.500. The Morgan fingerprint density at radius 3 is 1.45 bits per heavy atom. The van der Waals surface area contributed by atoms with E-state index >= 15 is 0 Å². The van der Waals surface area contributed by atoms with E-state index in [0.29, 0.717) is 0 Å². The van der Waals surface area contributed by atoms with Crippen molar-refractivity contribution in [1.29, 1.82) is 0 Å². The molecule has 7 heteroatoms. The lowest BCUT2D eigenvalue weighted by molar-refractivity contribution is -0.134. The molecule has 0 aliphatic rings. The van der Waals surface area contributed by atoms with Gasteiger partial charge in [-0.15, -0.1) is 0 Å². The Labute approximate surface area is 85.9 Å². The standard InChI is InChI=1S/C4H8N2S4.H3N/c5-9-3(7)1-2-4(8)10-6;/h1-2,5-6H2;1H3/p+2. The van der Waals surface area contributed by atoms with Gasteiger partial charge in [-0.3, -0.25) is 10.3 Å². The van der Waals surface area contributed by atoms with Gasteiger partial charge in [-0.25, -0.2) is 0 Å². The summed E-state index contributed by atoms with van der Waals surface area (Å²) in [5.74, 6) is 0. The van der Waals surface area contributed by atoms with E-state index in [2.05, 4.69) is 10.3 Å². The fourth-order valence-corrected chi connectivity index (χ4v) is 1.05. The van der Waals surface area contributed by atoms with Crippen molar-refractivity contribution in [2.75, 3.05) is 0 Å². The molecule has 0 aromatic rings. The first kappa shape index (κ1) is 14.3. The lowest BCUT2D eigenvalue weighted by Gasteiger charge is -1.93. The van der Waals surface area contributed by atoms with Crippen molar-refractivity contribution in [3.05, 3.63) is 0 Å². The van der Waals surface area contributed by atoms with Gasteiger partial charge in [0.15, 0.2) is 0 Å². The molecule has 11 heavy (non-hydrogen) atoms. The minimum absolute atomic E-state index is 0. The third kappa shape index (κ3) is 8.67. The van der Waals surface area contributed by atoms with E-state index in [0.717, 1.165) is 21.2 Å². The smallest absolute Gasteiger partial charge is 0.114 e. The molecule has 0 unspecified atom stereocenters. The first-order valence-electron chi connectivity index (χ1n) is 2.60. The van der Waals surface area contributed by atoms with E-state index < -0.39 is 0 Å². The highest BCUT2D eigenvalue weighted by atomic mass is 32.2. The van der Waals surface area contributed by atoms with Crippen LogP contribution in [0.2, 0.25) is 0 Å². The van der Waals surface area contributed by atoms with Gasteiger partial charge in [0.2, 0.25) is 0 Å². The number of thiocarbonyl (C=S) groups is 2. The lowest BCUT2D eigenvalue weighted by Crippen LogP contribution is -2.39. The zero-order chi connectivity index (χ0) is 7.98. The predicted octanol–water partition coefficient (Wildman–Crippen LogP) is 0.364. The van der Waals surface area contributed by atoms with Crippen LogP contribution in [0.5, 0.6) is 0 Å². The average molecular weight is 231 g/mol. The van der Waals surface area contributed by atoms with Crippen LogP contribution in [0.15, 0.2) is 0 Å². The Kier molecular flexibility index (Phi) is 11.5. The SMILES string of the molecule is N.[NH3+]SC(=S)CCC(=S)S[NH3+]. The lowest BCUT2D eigenvalue weighted by atomic mass is 10.4. The number of hydrogen-bond donors (Lipinski definition) is 3. The molecule has 3 nitrogen and oxygen atoms in total. The summed E-state index contributed by atoms with van der Waals surface area (Å²) in [7, 11) is 0. The van der Waals surface area contributed by atoms with Gasteiger partial charge in [-0.05, 0) is 12.8 Å². The van der Waals surface area contributed by atoms with Crippen molar-refractivity contribution in [1.82, 2.24) is 6.15 Å². The van der Waals surface area contributed by atoms with Crippen molar-refractivity contribution >= 4 is 56.7 Å². The second-order valence-corrected chi connectivity index (χ2v) is 4.60. The highest BCUT2D eigenvalue weighted by molar-refractivity contribution is 8.19. The Bertz CT molecular complexity index is 121. The van der Waals surface area contributed by atoms with Crippen LogP contribution in [0.3, 0.4) is 0 Å². The van der Waals surface area contributed by atoms with Crippen molar-refractivity contribution in [2.45, 2.75) is 12.8 Å². The van der Waals surface area contributed by atoms with Gasteiger partial charge in [0.25, 0.3) is 0 Å². The zero-order valence-electron chi connectivity index (χ0n) is 6.17. The van der Waals surface area contributed by atoms with Crippen molar-refractivity contribution in [2.24, 2.45) is 0 Å². The number of hydrogen-bond acceptors (Lipinski definition) is 5. The molecule has 0 fully saturated rings. The molecule has 0 rings (SSSR count). The van der Waals surface area contributed by atoms with Gasteiger partial charge in [-0.2, -0.15) is 0 Å². The molecule has 0 aliphatic carbocycles. The molecule has 0 aromatic heterocycles. The van der Waals surface area contributed by atoms with Crippen LogP contribution >= 0.6 is 48.3 Å². The van der Waals surface area contributed by atoms with Crippen LogP contribution in [0.25, 0.3) is 0 Å². The molecule has 9 N–H and O–H groups in total. The van der Waals surface area contributed by atoms with Gasteiger partial charge in [-0.1, -0.05) is 24.4 Å². The second kappa shape index (κ2) is 8.85. The molecule has 0 atom stereocenters. The minimum atomic E-state index is 0. The third-order valence-corrected chi connectivity index (χ3v) is 3.02. The summed E-state index contributed by atoms with van der Waals surface area (Å²) in [4.78, 5) is 0. The highest BCUT2D eigenvalue weighted by Gasteiger charge is 2.02. The molecule has 0 aromatic carbocycles. The Balaban J connectivity index is 0. The van der Waals surface area contributed by atoms with Gasteiger partial charge in [0, 0.05) is 0 Å². The van der Waals surface area contributed by atoms with E-state index in [1.54, 1.807) is 0 Å². The summed E-state index contributed by atoms with van der Waals surface area (Å²) < 4.78 is 1.83. The van der Waals surface area contributed by atoms with Crippen molar-refractivity contribution in [3.63, 3.8) is 0 Å². The molecule has 0 amide bonds. The van der Waals surface area contributed by atoms with E-state index in [9.17, 15) is 0 Å². The van der Waals surface area contributed by atoms with Crippen LogP contribution in [-0.2, 0) is 0 Å². The summed E-state index contributed by atoms with van der Waals surface area (Å²) in [5, 5.41) is 7.20. The highest BCUT2D eigenvalue weighted by Crippen LogP contribution is 2.06. The van der Waals surface area contributed by atoms with Crippen LogP contribution in [0.1, 0.15) is 12.8 Å². The third-order valence-electron chi connectivity index (χ3n) is 0.855. The quantitative estimate of drug-likeness (QED) is 0.482. The van der Waals surface area contributed by atoms with Gasteiger partial charge in [0.05, 0.1) is 0 Å². The molecule has 0 saturated heterocycles. The van der Waals surface area contributed by atoms with Crippen LogP contribution in [0.4, 0.5) is 0 Å². The summed E-state index contributed by atoms with van der Waals surface area (Å²) in [6, 6.07) is 0. The molecule has 0 radical (unpaired) electrons. The molecule has 66 valence electrons. The number of quaternary nitrogens is 2. The predicted molar refractivity (Wildman–Crippen MR) is 60.4 cm³/mol. The van der Waals surface area contributed by atoms with Gasteiger partial charge >= 0.3 is 0 Å². The maximum absolute atomic E-state index is 4.93. The van der Waals surface area contributed by atoms with Gasteiger partial charge < -0.3 is 6.15 Å². The first-order chi connectivity index (χ1) is 4.70. The largest absolute Gasteiger partial charge is 0.344 e. The molecule has 0 saturated carbocycles. The Morgan fingerprint density at radius 2 is 1.27 bits per heavy atom. The molecule has 0 heterocycles. The fourth-order valence-electron chi connectivity index (χ4n) is 0.348. The molecule has 0 aliphatic heterocycles. The molecular weight excluding hydrogens is 218 g/mol. The summed E-state index contributed by atoms with van der Waals surface area (Å²) in [5.41, 5.74) is 0. The Hall–Kier alpha value is 0.760. The van der Waals surface area contributed by atoms with Crippen molar-refractivity contribution in [3.8, 4) is 0 Å². The summed E-state index contributed by atoms with van der Waals surface area (Å²) >= 11 is 12.6. The first-order valence-corrected chi connectivity index (χ1v) is 5.39. The monoisotopic (exact) mass is 231 g/mol. The van der Waals surface area contributed by atoms with E-state index in [1.807, 2.05) is 0 Å². The summed E-state index contributed by atoms with van der Waals surface area (Å²) in [6.07, 6.45) is 1.70.